The summed E-state index contributed by atoms with van der Waals surface area (Å²) in [6, 6.07) is 2.50. The number of hydrogen-bond donors (Lipinski definition) is 1. The zero-order chi connectivity index (χ0) is 9.30. The van der Waals surface area contributed by atoms with E-state index in [0.29, 0.717) is 8.95 Å². The van der Waals surface area contributed by atoms with Crippen molar-refractivity contribution in [1.82, 2.24) is 0 Å². The Bertz CT molecular complexity index is 340. The lowest BCUT2D eigenvalue weighted by Crippen LogP contribution is -1.88. The van der Waals surface area contributed by atoms with Gasteiger partial charge in [0.2, 0.25) is 0 Å². The Morgan fingerprint density at radius 2 is 1.92 bits per heavy atom. The molecule has 0 aliphatic carbocycles. The largest absolute Gasteiger partial charge is 0.507 e. The number of halogens is 2. The molecular weight excluding hydrogens is 294 g/mol. The molecule has 0 bridgehead atoms. The molecule has 4 nitrogen and oxygen atoms in total. The molecule has 1 N–H and O–H groups in total. The molecule has 0 amide bonds. The summed E-state index contributed by atoms with van der Waals surface area (Å²) in [4.78, 5) is 9.76. The van der Waals surface area contributed by atoms with Crippen molar-refractivity contribution in [3.05, 3.63) is 31.2 Å². The van der Waals surface area contributed by atoms with Crippen LogP contribution in [0, 0.1) is 10.1 Å². The number of nitrogens with zero attached hydrogens (tertiary/aromatic N) is 1. The van der Waals surface area contributed by atoms with E-state index in [4.69, 9.17) is 5.11 Å². The molecule has 0 fully saturated rings. The first-order chi connectivity index (χ1) is 5.52. The Kier molecular flexibility index (Phi) is 2.69. The topological polar surface area (TPSA) is 63.4 Å². The standard InChI is InChI=1S/C6H3Br2NO3/c7-3-1-4(8)6(10)2-5(3)9(11)12/h1-2,10H. The Morgan fingerprint density at radius 1 is 1.33 bits per heavy atom. The Hall–Kier alpha value is -0.620. The van der Waals surface area contributed by atoms with Crippen LogP contribution in [-0.2, 0) is 0 Å². The van der Waals surface area contributed by atoms with Gasteiger partial charge in [0.05, 0.1) is 19.9 Å². The van der Waals surface area contributed by atoms with Crippen molar-refractivity contribution in [3.8, 4) is 5.75 Å². The van der Waals surface area contributed by atoms with Crippen LogP contribution in [0.2, 0.25) is 0 Å². The van der Waals surface area contributed by atoms with Gasteiger partial charge in [-0.25, -0.2) is 0 Å². The average molecular weight is 297 g/mol. The van der Waals surface area contributed by atoms with E-state index in [9.17, 15) is 10.1 Å². The van der Waals surface area contributed by atoms with Gasteiger partial charge in [0, 0.05) is 0 Å². The second kappa shape index (κ2) is 3.40. The van der Waals surface area contributed by atoms with Crippen molar-refractivity contribution in [1.29, 1.82) is 0 Å². The van der Waals surface area contributed by atoms with E-state index >= 15 is 0 Å². The second-order valence-electron chi connectivity index (χ2n) is 2.01. The molecule has 64 valence electrons. The van der Waals surface area contributed by atoms with Gasteiger partial charge in [-0.05, 0) is 37.9 Å². The molecule has 0 aliphatic heterocycles. The zero-order valence-corrected chi connectivity index (χ0v) is 8.79. The third-order valence-corrected chi connectivity index (χ3v) is 2.48. The highest BCUT2D eigenvalue weighted by atomic mass is 79.9. The lowest BCUT2D eigenvalue weighted by atomic mass is 10.3. The first-order valence-electron chi connectivity index (χ1n) is 2.85. The van der Waals surface area contributed by atoms with E-state index in [0.717, 1.165) is 6.07 Å². The van der Waals surface area contributed by atoms with Crippen molar-refractivity contribution in [2.45, 2.75) is 0 Å². The number of nitro benzene ring substituents is 1. The van der Waals surface area contributed by atoms with E-state index in [2.05, 4.69) is 31.9 Å². The minimum Gasteiger partial charge on any atom is -0.507 e. The molecule has 0 aromatic heterocycles. The molecule has 1 aromatic carbocycles. The zero-order valence-electron chi connectivity index (χ0n) is 5.62. The van der Waals surface area contributed by atoms with Crippen molar-refractivity contribution < 1.29 is 10.0 Å². The summed E-state index contributed by atoms with van der Waals surface area (Å²) in [7, 11) is 0. The van der Waals surface area contributed by atoms with Crippen LogP contribution < -0.4 is 0 Å². The van der Waals surface area contributed by atoms with Gasteiger partial charge >= 0.3 is 0 Å². The fourth-order valence-electron chi connectivity index (χ4n) is 0.666. The van der Waals surface area contributed by atoms with Crippen LogP contribution in [-0.4, -0.2) is 10.0 Å². The lowest BCUT2D eigenvalue weighted by Gasteiger charge is -1.98. The highest BCUT2D eigenvalue weighted by molar-refractivity contribution is 9.11. The highest BCUT2D eigenvalue weighted by Crippen LogP contribution is 2.34. The molecule has 0 aliphatic rings. The van der Waals surface area contributed by atoms with E-state index < -0.39 is 4.92 Å². The van der Waals surface area contributed by atoms with Crippen LogP contribution in [0.5, 0.6) is 5.75 Å². The number of phenolic OH excluding ortho intramolecular Hbond substituents is 1. The maximum atomic E-state index is 10.3. The highest BCUT2D eigenvalue weighted by Gasteiger charge is 2.14. The third-order valence-electron chi connectivity index (χ3n) is 1.21. The van der Waals surface area contributed by atoms with E-state index in [1.54, 1.807) is 0 Å². The Morgan fingerprint density at radius 3 is 2.42 bits per heavy atom. The SMILES string of the molecule is O=[N+]([O-])c1cc(O)c(Br)cc1Br. The minimum atomic E-state index is -0.573. The Balaban J connectivity index is 3.33. The summed E-state index contributed by atoms with van der Waals surface area (Å²) in [5.41, 5.74) is -0.157. The number of rotatable bonds is 1. The van der Waals surface area contributed by atoms with Crippen molar-refractivity contribution in [2.75, 3.05) is 0 Å². The van der Waals surface area contributed by atoms with Gasteiger partial charge in [0.1, 0.15) is 5.75 Å². The van der Waals surface area contributed by atoms with E-state index in [-0.39, 0.29) is 11.4 Å². The van der Waals surface area contributed by atoms with Crippen LogP contribution in [0.4, 0.5) is 5.69 Å². The molecule has 0 radical (unpaired) electrons. The molecule has 0 unspecified atom stereocenters. The molecule has 6 heteroatoms. The van der Waals surface area contributed by atoms with Gasteiger partial charge in [0.25, 0.3) is 5.69 Å². The van der Waals surface area contributed by atoms with E-state index in [1.807, 2.05) is 0 Å². The molecule has 0 spiro atoms. The number of aromatic hydroxyl groups is 1. The fourth-order valence-corrected chi connectivity index (χ4v) is 1.81. The maximum absolute atomic E-state index is 10.3. The number of nitro groups is 1. The van der Waals surface area contributed by atoms with Crippen LogP contribution in [0.1, 0.15) is 0 Å². The molecule has 12 heavy (non-hydrogen) atoms. The van der Waals surface area contributed by atoms with Crippen LogP contribution in [0.3, 0.4) is 0 Å². The molecule has 0 saturated heterocycles. The first kappa shape index (κ1) is 9.47. The van der Waals surface area contributed by atoms with Gasteiger partial charge < -0.3 is 5.11 Å². The van der Waals surface area contributed by atoms with Crippen LogP contribution >= 0.6 is 31.9 Å². The predicted molar refractivity (Wildman–Crippen MR) is 50.2 cm³/mol. The van der Waals surface area contributed by atoms with Crippen molar-refractivity contribution in [3.63, 3.8) is 0 Å². The maximum Gasteiger partial charge on any atom is 0.287 e. The predicted octanol–water partition coefficient (Wildman–Crippen LogP) is 2.83. The number of benzene rings is 1. The average Bonchev–Trinajstić information content (AvgIpc) is 1.96. The van der Waals surface area contributed by atoms with Crippen molar-refractivity contribution in [2.24, 2.45) is 0 Å². The number of hydrogen-bond acceptors (Lipinski definition) is 3. The first-order valence-corrected chi connectivity index (χ1v) is 4.43. The van der Waals surface area contributed by atoms with Gasteiger partial charge in [0.15, 0.2) is 0 Å². The normalized spacial score (nSPS) is 9.83. The summed E-state index contributed by atoms with van der Waals surface area (Å²) in [5.74, 6) is -0.148. The molecule has 0 heterocycles. The van der Waals surface area contributed by atoms with Gasteiger partial charge in [-0.1, -0.05) is 0 Å². The summed E-state index contributed by atoms with van der Waals surface area (Å²) in [5, 5.41) is 19.4. The summed E-state index contributed by atoms with van der Waals surface area (Å²) < 4.78 is 0.747. The smallest absolute Gasteiger partial charge is 0.287 e. The quantitative estimate of drug-likeness (QED) is 0.640. The third kappa shape index (κ3) is 1.75. The van der Waals surface area contributed by atoms with Gasteiger partial charge in [-0.2, -0.15) is 0 Å². The summed E-state index contributed by atoms with van der Waals surface area (Å²) in [6.07, 6.45) is 0. The molecule has 1 rings (SSSR count). The van der Waals surface area contributed by atoms with Crippen LogP contribution in [0.15, 0.2) is 21.1 Å². The molecular formula is C6H3Br2NO3. The second-order valence-corrected chi connectivity index (χ2v) is 3.72. The monoisotopic (exact) mass is 295 g/mol. The number of phenols is 1. The van der Waals surface area contributed by atoms with Crippen LogP contribution in [0.25, 0.3) is 0 Å². The summed E-state index contributed by atoms with van der Waals surface area (Å²) in [6.45, 7) is 0. The summed E-state index contributed by atoms with van der Waals surface area (Å²) >= 11 is 6.03. The van der Waals surface area contributed by atoms with Gasteiger partial charge in [-0.3, -0.25) is 10.1 Å². The molecule has 0 atom stereocenters. The van der Waals surface area contributed by atoms with E-state index in [1.165, 1.54) is 6.07 Å². The van der Waals surface area contributed by atoms with Gasteiger partial charge in [-0.15, -0.1) is 0 Å². The van der Waals surface area contributed by atoms with Crippen molar-refractivity contribution >= 4 is 37.5 Å². The Labute approximate surface area is 84.6 Å². The molecule has 1 aromatic rings. The lowest BCUT2D eigenvalue weighted by molar-refractivity contribution is -0.385. The fraction of sp³-hybridized carbons (Fsp3) is 0. The molecule has 0 saturated carbocycles. The minimum absolute atomic E-state index is 0.148.